The van der Waals surface area contributed by atoms with Crippen molar-refractivity contribution in [1.82, 2.24) is 10.2 Å². The molecular weight excluding hydrogens is 320 g/mol. The fourth-order valence-corrected chi connectivity index (χ4v) is 2.66. The van der Waals surface area contributed by atoms with Crippen LogP contribution in [-0.2, 0) is 27.5 Å². The van der Waals surface area contributed by atoms with Crippen LogP contribution in [-0.4, -0.2) is 48.1 Å². The molecule has 23 heavy (non-hydrogen) atoms. The molecule has 0 spiro atoms. The predicted molar refractivity (Wildman–Crippen MR) is 88.5 cm³/mol. The molecule has 1 amide bonds. The maximum absolute atomic E-state index is 11.9. The topological polar surface area (TPSA) is 78.9 Å². The molecule has 1 atom stereocenters. The number of amides is 1. The maximum atomic E-state index is 11.9. The van der Waals surface area contributed by atoms with E-state index in [9.17, 15) is 9.59 Å². The van der Waals surface area contributed by atoms with Crippen molar-refractivity contribution in [3.8, 4) is 0 Å². The second-order valence-electron chi connectivity index (χ2n) is 5.49. The molecule has 128 valence electrons. The fraction of sp³-hybridized carbons (Fsp3) is 0.500. The number of carbonyl (C=O) groups is 2. The van der Waals surface area contributed by atoms with E-state index in [2.05, 4.69) is 5.32 Å². The van der Waals surface area contributed by atoms with Crippen LogP contribution in [0.4, 0.5) is 0 Å². The summed E-state index contributed by atoms with van der Waals surface area (Å²) in [6.07, 6.45) is 1.44. The number of halogens is 1. The Bertz CT molecular complexity index is 521. The third kappa shape index (κ3) is 5.82. The van der Waals surface area contributed by atoms with E-state index >= 15 is 0 Å². The van der Waals surface area contributed by atoms with Crippen molar-refractivity contribution in [2.45, 2.75) is 32.0 Å². The Hall–Kier alpha value is -1.63. The van der Waals surface area contributed by atoms with Gasteiger partial charge >= 0.3 is 5.97 Å². The number of carboxylic acids is 1. The first-order valence-electron chi connectivity index (χ1n) is 7.40. The minimum absolute atomic E-state index is 0. The van der Waals surface area contributed by atoms with Gasteiger partial charge in [-0.2, -0.15) is 0 Å². The van der Waals surface area contributed by atoms with Gasteiger partial charge in [-0.15, -0.1) is 12.4 Å². The SMILES string of the molecule is COCc1ccc(CNC(=O)CN2CCCC2C(=O)O)cc1.Cl. The zero-order chi connectivity index (χ0) is 15.9. The first-order valence-corrected chi connectivity index (χ1v) is 7.40. The number of carboxylic acid groups (broad SMARTS) is 1. The van der Waals surface area contributed by atoms with Crippen molar-refractivity contribution in [2.75, 3.05) is 20.2 Å². The van der Waals surface area contributed by atoms with E-state index in [4.69, 9.17) is 9.84 Å². The average molecular weight is 343 g/mol. The highest BCUT2D eigenvalue weighted by Crippen LogP contribution is 2.16. The monoisotopic (exact) mass is 342 g/mol. The third-order valence-corrected chi connectivity index (χ3v) is 3.82. The Kier molecular flexibility index (Phi) is 8.02. The molecule has 1 aliphatic rings. The third-order valence-electron chi connectivity index (χ3n) is 3.82. The number of benzene rings is 1. The van der Waals surface area contributed by atoms with Crippen LogP contribution >= 0.6 is 12.4 Å². The molecule has 1 unspecified atom stereocenters. The lowest BCUT2D eigenvalue weighted by Gasteiger charge is -2.20. The first kappa shape index (κ1) is 19.4. The van der Waals surface area contributed by atoms with Gasteiger partial charge in [0, 0.05) is 13.7 Å². The lowest BCUT2D eigenvalue weighted by molar-refractivity contribution is -0.142. The molecule has 1 saturated heterocycles. The second-order valence-corrected chi connectivity index (χ2v) is 5.49. The molecule has 0 bridgehead atoms. The number of carbonyl (C=O) groups excluding carboxylic acids is 1. The normalized spacial score (nSPS) is 17.5. The largest absolute Gasteiger partial charge is 0.480 e. The molecule has 0 radical (unpaired) electrons. The quantitative estimate of drug-likeness (QED) is 0.783. The van der Waals surface area contributed by atoms with Crippen LogP contribution in [0.3, 0.4) is 0 Å². The van der Waals surface area contributed by atoms with E-state index in [-0.39, 0.29) is 24.9 Å². The van der Waals surface area contributed by atoms with E-state index < -0.39 is 12.0 Å². The van der Waals surface area contributed by atoms with Crippen LogP contribution in [0.15, 0.2) is 24.3 Å². The number of likely N-dealkylation sites (tertiary alicyclic amines) is 1. The van der Waals surface area contributed by atoms with Gasteiger partial charge in [0.15, 0.2) is 0 Å². The molecule has 1 aromatic rings. The Morgan fingerprint density at radius 3 is 2.57 bits per heavy atom. The number of rotatable bonds is 7. The van der Waals surface area contributed by atoms with E-state index in [0.29, 0.717) is 26.1 Å². The lowest BCUT2D eigenvalue weighted by atomic mass is 10.1. The summed E-state index contributed by atoms with van der Waals surface area (Å²) in [7, 11) is 1.65. The highest BCUT2D eigenvalue weighted by atomic mass is 35.5. The zero-order valence-electron chi connectivity index (χ0n) is 13.2. The molecule has 0 saturated carbocycles. The summed E-state index contributed by atoms with van der Waals surface area (Å²) in [6, 6.07) is 7.30. The number of aliphatic carboxylic acids is 1. The Labute approximate surface area is 142 Å². The average Bonchev–Trinajstić information content (AvgIpc) is 2.95. The minimum Gasteiger partial charge on any atom is -0.480 e. The van der Waals surface area contributed by atoms with Gasteiger partial charge in [-0.25, -0.2) is 0 Å². The summed E-state index contributed by atoms with van der Waals surface area (Å²) in [5, 5.41) is 11.9. The van der Waals surface area contributed by atoms with E-state index in [0.717, 1.165) is 17.5 Å². The molecule has 0 aliphatic carbocycles. The summed E-state index contributed by atoms with van der Waals surface area (Å²) in [5.41, 5.74) is 2.09. The zero-order valence-corrected chi connectivity index (χ0v) is 14.0. The fourth-order valence-electron chi connectivity index (χ4n) is 2.66. The lowest BCUT2D eigenvalue weighted by Crippen LogP contribution is -2.42. The smallest absolute Gasteiger partial charge is 0.320 e. The van der Waals surface area contributed by atoms with Gasteiger partial charge < -0.3 is 15.2 Å². The number of nitrogens with one attached hydrogen (secondary N) is 1. The Balaban J connectivity index is 0.00000264. The number of methoxy groups -OCH3 is 1. The maximum Gasteiger partial charge on any atom is 0.320 e. The van der Waals surface area contributed by atoms with Crippen LogP contribution < -0.4 is 5.32 Å². The number of nitrogens with zero attached hydrogens (tertiary/aromatic N) is 1. The van der Waals surface area contributed by atoms with Gasteiger partial charge in [0.25, 0.3) is 0 Å². The predicted octanol–water partition coefficient (Wildman–Crippen LogP) is 1.42. The van der Waals surface area contributed by atoms with Gasteiger partial charge in [0.1, 0.15) is 6.04 Å². The van der Waals surface area contributed by atoms with Crippen LogP contribution in [0.5, 0.6) is 0 Å². The van der Waals surface area contributed by atoms with Crippen LogP contribution in [0.1, 0.15) is 24.0 Å². The summed E-state index contributed by atoms with van der Waals surface area (Å²) in [4.78, 5) is 24.7. The highest BCUT2D eigenvalue weighted by molar-refractivity contribution is 5.85. The van der Waals surface area contributed by atoms with E-state index in [1.807, 2.05) is 24.3 Å². The molecule has 2 rings (SSSR count). The molecule has 7 heteroatoms. The molecule has 1 aromatic carbocycles. The number of ether oxygens (including phenoxy) is 1. The first-order chi connectivity index (χ1) is 10.6. The van der Waals surface area contributed by atoms with Gasteiger partial charge in [0.2, 0.25) is 5.91 Å². The van der Waals surface area contributed by atoms with Crippen molar-refractivity contribution < 1.29 is 19.4 Å². The van der Waals surface area contributed by atoms with E-state index in [1.54, 1.807) is 12.0 Å². The Morgan fingerprint density at radius 2 is 1.96 bits per heavy atom. The molecular formula is C16H23ClN2O4. The second kappa shape index (κ2) is 9.50. The van der Waals surface area contributed by atoms with Crippen LogP contribution in [0.25, 0.3) is 0 Å². The van der Waals surface area contributed by atoms with Crippen molar-refractivity contribution >= 4 is 24.3 Å². The number of hydrogen-bond donors (Lipinski definition) is 2. The standard InChI is InChI=1S/C16H22N2O4.ClH/c1-22-11-13-6-4-12(5-7-13)9-17-15(19)10-18-8-2-3-14(18)16(20)21;/h4-7,14H,2-3,8-11H2,1H3,(H,17,19)(H,20,21);1H. The summed E-state index contributed by atoms with van der Waals surface area (Å²) < 4.78 is 5.05. The van der Waals surface area contributed by atoms with Crippen molar-refractivity contribution in [3.63, 3.8) is 0 Å². The van der Waals surface area contributed by atoms with E-state index in [1.165, 1.54) is 0 Å². The summed E-state index contributed by atoms with van der Waals surface area (Å²) >= 11 is 0. The van der Waals surface area contributed by atoms with Gasteiger partial charge in [-0.3, -0.25) is 14.5 Å². The van der Waals surface area contributed by atoms with Crippen molar-refractivity contribution in [3.05, 3.63) is 35.4 Å². The molecule has 6 nitrogen and oxygen atoms in total. The highest BCUT2D eigenvalue weighted by Gasteiger charge is 2.31. The minimum atomic E-state index is -0.848. The van der Waals surface area contributed by atoms with Crippen LogP contribution in [0, 0.1) is 0 Å². The molecule has 1 fully saturated rings. The molecule has 0 aromatic heterocycles. The summed E-state index contributed by atoms with van der Waals surface area (Å²) in [6.45, 7) is 1.81. The van der Waals surface area contributed by atoms with Crippen LogP contribution in [0.2, 0.25) is 0 Å². The van der Waals surface area contributed by atoms with Gasteiger partial charge in [-0.1, -0.05) is 24.3 Å². The molecule has 2 N–H and O–H groups in total. The summed E-state index contributed by atoms with van der Waals surface area (Å²) in [5.74, 6) is -0.992. The number of hydrogen-bond acceptors (Lipinski definition) is 4. The van der Waals surface area contributed by atoms with Crippen molar-refractivity contribution in [1.29, 1.82) is 0 Å². The molecule has 1 heterocycles. The van der Waals surface area contributed by atoms with Crippen molar-refractivity contribution in [2.24, 2.45) is 0 Å². The van der Waals surface area contributed by atoms with Gasteiger partial charge in [-0.05, 0) is 30.5 Å². The molecule has 1 aliphatic heterocycles. The Morgan fingerprint density at radius 1 is 1.30 bits per heavy atom. The van der Waals surface area contributed by atoms with Gasteiger partial charge in [0.05, 0.1) is 13.2 Å².